The molecule has 1 atom stereocenters. The minimum atomic E-state index is -0.695. The zero-order valence-corrected chi connectivity index (χ0v) is 15.7. The number of aromatic nitrogens is 2. The summed E-state index contributed by atoms with van der Waals surface area (Å²) in [6, 6.07) is 14.4. The van der Waals surface area contributed by atoms with Crippen molar-refractivity contribution in [3.63, 3.8) is 0 Å². The first-order valence-electron chi connectivity index (χ1n) is 8.59. The highest BCUT2D eigenvalue weighted by Gasteiger charge is 2.26. The third kappa shape index (κ3) is 3.22. The molecule has 142 valence electrons. The van der Waals surface area contributed by atoms with Gasteiger partial charge in [0.25, 0.3) is 5.56 Å². The van der Waals surface area contributed by atoms with E-state index in [1.807, 2.05) is 30.3 Å². The lowest BCUT2D eigenvalue weighted by Gasteiger charge is -2.16. The highest BCUT2D eigenvalue weighted by molar-refractivity contribution is 7.99. The molecule has 8 heteroatoms. The fraction of sp³-hybridized carbons (Fsp3) is 0.150. The SMILES string of the molecule is Cn1c(O)c(C2=Nc3ccccc3S[C@@H](c3cccc(O)c3)C2)c(=O)[nH]c1=O. The summed E-state index contributed by atoms with van der Waals surface area (Å²) in [5.74, 6) is -0.275. The van der Waals surface area contributed by atoms with Crippen LogP contribution in [0.5, 0.6) is 11.6 Å². The van der Waals surface area contributed by atoms with Crippen LogP contribution in [0.3, 0.4) is 0 Å². The quantitative estimate of drug-likeness (QED) is 0.618. The van der Waals surface area contributed by atoms with Gasteiger partial charge in [-0.15, -0.1) is 11.8 Å². The van der Waals surface area contributed by atoms with Crippen molar-refractivity contribution in [1.29, 1.82) is 0 Å². The van der Waals surface area contributed by atoms with Crippen LogP contribution in [0.4, 0.5) is 5.69 Å². The third-order valence-electron chi connectivity index (χ3n) is 4.59. The molecule has 1 aromatic heterocycles. The lowest BCUT2D eigenvalue weighted by molar-refractivity contribution is 0.416. The summed E-state index contributed by atoms with van der Waals surface area (Å²) in [5.41, 5.74) is 0.524. The average molecular weight is 395 g/mol. The van der Waals surface area contributed by atoms with Gasteiger partial charge in [-0.2, -0.15) is 0 Å². The van der Waals surface area contributed by atoms with Crippen molar-refractivity contribution in [3.8, 4) is 11.6 Å². The number of fused-ring (bicyclic) bond motifs is 1. The molecule has 0 fully saturated rings. The molecule has 1 aliphatic rings. The highest BCUT2D eigenvalue weighted by Crippen LogP contribution is 2.46. The molecule has 0 bridgehead atoms. The number of benzene rings is 2. The zero-order chi connectivity index (χ0) is 19.8. The first kappa shape index (κ1) is 18.1. The van der Waals surface area contributed by atoms with E-state index in [1.165, 1.54) is 7.05 Å². The Balaban J connectivity index is 1.92. The normalized spacial score (nSPS) is 16.2. The number of thioether (sulfide) groups is 1. The van der Waals surface area contributed by atoms with E-state index in [4.69, 9.17) is 0 Å². The molecule has 0 saturated heterocycles. The Morgan fingerprint density at radius 1 is 1.14 bits per heavy atom. The van der Waals surface area contributed by atoms with Gasteiger partial charge in [0.15, 0.2) is 0 Å². The third-order valence-corrected chi connectivity index (χ3v) is 5.92. The molecule has 2 heterocycles. The molecule has 7 nitrogen and oxygen atoms in total. The number of nitrogens with one attached hydrogen (secondary N) is 1. The van der Waals surface area contributed by atoms with Gasteiger partial charge in [0.2, 0.25) is 5.88 Å². The first-order chi connectivity index (χ1) is 13.4. The second kappa shape index (κ2) is 7.05. The number of aromatic hydroxyl groups is 2. The van der Waals surface area contributed by atoms with Crippen LogP contribution in [-0.4, -0.2) is 25.5 Å². The number of phenolic OH excluding ortho intramolecular Hbond substituents is 1. The van der Waals surface area contributed by atoms with Gasteiger partial charge in [-0.3, -0.25) is 19.3 Å². The van der Waals surface area contributed by atoms with E-state index in [0.29, 0.717) is 17.8 Å². The van der Waals surface area contributed by atoms with Gasteiger partial charge in [-0.25, -0.2) is 4.79 Å². The van der Waals surface area contributed by atoms with Crippen LogP contribution in [-0.2, 0) is 7.05 Å². The van der Waals surface area contributed by atoms with Gasteiger partial charge in [0, 0.05) is 23.6 Å². The Hall–Kier alpha value is -3.26. The monoisotopic (exact) mass is 395 g/mol. The molecule has 0 unspecified atom stereocenters. The molecule has 0 aliphatic carbocycles. The van der Waals surface area contributed by atoms with Crippen molar-refractivity contribution in [2.24, 2.45) is 12.0 Å². The molecular weight excluding hydrogens is 378 g/mol. The van der Waals surface area contributed by atoms with Crippen LogP contribution in [0.15, 0.2) is 68.0 Å². The zero-order valence-electron chi connectivity index (χ0n) is 14.9. The van der Waals surface area contributed by atoms with E-state index in [1.54, 1.807) is 30.0 Å². The highest BCUT2D eigenvalue weighted by atomic mass is 32.2. The molecule has 0 amide bonds. The maximum absolute atomic E-state index is 12.5. The number of nitrogens with zero attached hydrogens (tertiary/aromatic N) is 2. The van der Waals surface area contributed by atoms with Gasteiger partial charge < -0.3 is 10.2 Å². The van der Waals surface area contributed by atoms with Crippen molar-refractivity contribution in [2.75, 3.05) is 0 Å². The van der Waals surface area contributed by atoms with Crippen molar-refractivity contribution in [2.45, 2.75) is 16.6 Å². The number of rotatable bonds is 2. The van der Waals surface area contributed by atoms with Gasteiger partial charge in [-0.1, -0.05) is 24.3 Å². The van der Waals surface area contributed by atoms with Gasteiger partial charge in [0.1, 0.15) is 11.3 Å². The summed E-state index contributed by atoms with van der Waals surface area (Å²) in [7, 11) is 1.38. The summed E-state index contributed by atoms with van der Waals surface area (Å²) in [4.78, 5) is 32.0. The second-order valence-corrected chi connectivity index (χ2v) is 7.69. The summed E-state index contributed by atoms with van der Waals surface area (Å²) < 4.78 is 0.979. The van der Waals surface area contributed by atoms with Crippen LogP contribution < -0.4 is 11.2 Å². The molecule has 3 aromatic rings. The van der Waals surface area contributed by atoms with Crippen molar-refractivity contribution in [1.82, 2.24) is 9.55 Å². The molecule has 4 rings (SSSR count). The molecule has 0 spiro atoms. The van der Waals surface area contributed by atoms with Gasteiger partial charge in [-0.05, 0) is 29.8 Å². The van der Waals surface area contributed by atoms with E-state index >= 15 is 0 Å². The summed E-state index contributed by atoms with van der Waals surface area (Å²) >= 11 is 1.57. The van der Waals surface area contributed by atoms with Crippen LogP contribution >= 0.6 is 11.8 Å². The standard InChI is InChI=1S/C20H17N3O4S/c1-23-19(26)17(18(25)22-20(23)27)14-10-16(11-5-4-6-12(24)9-11)28-15-8-3-2-7-13(15)21-14/h2-9,16,24,26H,10H2,1H3,(H,22,25,27)/t16-/m1/s1. The van der Waals surface area contributed by atoms with Crippen molar-refractivity contribution in [3.05, 3.63) is 80.5 Å². The predicted molar refractivity (Wildman–Crippen MR) is 108 cm³/mol. The largest absolute Gasteiger partial charge is 0.508 e. The van der Waals surface area contributed by atoms with E-state index in [0.717, 1.165) is 15.0 Å². The fourth-order valence-corrected chi connectivity index (χ4v) is 4.37. The summed E-state index contributed by atoms with van der Waals surface area (Å²) in [6.45, 7) is 0. The Morgan fingerprint density at radius 2 is 1.93 bits per heavy atom. The minimum absolute atomic E-state index is 0.0236. The van der Waals surface area contributed by atoms with E-state index < -0.39 is 17.1 Å². The minimum Gasteiger partial charge on any atom is -0.508 e. The maximum atomic E-state index is 12.5. The van der Waals surface area contributed by atoms with Gasteiger partial charge in [0.05, 0.1) is 11.4 Å². The number of hydrogen-bond acceptors (Lipinski definition) is 6. The van der Waals surface area contributed by atoms with Crippen molar-refractivity contribution < 1.29 is 10.2 Å². The molecule has 28 heavy (non-hydrogen) atoms. The Morgan fingerprint density at radius 3 is 2.71 bits per heavy atom. The Kier molecular flexibility index (Phi) is 4.56. The molecule has 0 saturated carbocycles. The molecule has 1 aliphatic heterocycles. The average Bonchev–Trinajstić information content (AvgIpc) is 2.86. The van der Waals surface area contributed by atoms with Gasteiger partial charge >= 0.3 is 5.69 Å². The van der Waals surface area contributed by atoms with Crippen LogP contribution in [0.1, 0.15) is 22.8 Å². The number of aromatic amines is 1. The number of para-hydroxylation sites is 1. The van der Waals surface area contributed by atoms with Crippen LogP contribution in [0.2, 0.25) is 0 Å². The Bertz CT molecular complexity index is 1210. The molecule has 2 aromatic carbocycles. The van der Waals surface area contributed by atoms with Crippen molar-refractivity contribution >= 4 is 23.2 Å². The molecule has 3 N–H and O–H groups in total. The molecule has 0 radical (unpaired) electrons. The van der Waals surface area contributed by atoms with E-state index in [-0.39, 0.29) is 16.6 Å². The second-order valence-electron chi connectivity index (χ2n) is 6.45. The van der Waals surface area contributed by atoms with Crippen LogP contribution in [0.25, 0.3) is 0 Å². The van der Waals surface area contributed by atoms with E-state index in [9.17, 15) is 19.8 Å². The van der Waals surface area contributed by atoms with E-state index in [2.05, 4.69) is 9.98 Å². The predicted octanol–water partition coefficient (Wildman–Crippen LogP) is 2.84. The smallest absolute Gasteiger partial charge is 0.330 e. The maximum Gasteiger partial charge on any atom is 0.330 e. The van der Waals surface area contributed by atoms with Crippen LogP contribution in [0, 0.1) is 0 Å². The summed E-state index contributed by atoms with van der Waals surface area (Å²) in [6.07, 6.45) is 0.331. The first-order valence-corrected chi connectivity index (χ1v) is 9.47. The topological polar surface area (TPSA) is 108 Å². The number of aliphatic imine (C=N–C) groups is 1. The number of phenols is 1. The molecular formula is C20H17N3O4S. The lowest BCUT2D eigenvalue weighted by atomic mass is 10.0. The fourth-order valence-electron chi connectivity index (χ4n) is 3.15. The Labute approximate surface area is 164 Å². The lowest BCUT2D eigenvalue weighted by Crippen LogP contribution is -2.32. The number of H-pyrrole nitrogens is 1. The summed E-state index contributed by atoms with van der Waals surface area (Å²) in [5, 5.41) is 20.2. The number of hydrogen-bond donors (Lipinski definition) is 3.